The lowest BCUT2D eigenvalue weighted by Gasteiger charge is -2.11. The highest BCUT2D eigenvalue weighted by atomic mass is 19.1. The number of carbonyl (C=O) groups excluding carboxylic acids is 1. The predicted molar refractivity (Wildman–Crippen MR) is 86.6 cm³/mol. The number of aromatic nitrogens is 3. The van der Waals surface area contributed by atoms with Gasteiger partial charge >= 0.3 is 0 Å². The van der Waals surface area contributed by atoms with E-state index in [9.17, 15) is 9.18 Å². The summed E-state index contributed by atoms with van der Waals surface area (Å²) in [4.78, 5) is 12.2. The van der Waals surface area contributed by atoms with Gasteiger partial charge in [0.2, 0.25) is 0 Å². The van der Waals surface area contributed by atoms with Gasteiger partial charge in [-0.3, -0.25) is 4.79 Å². The molecule has 0 radical (unpaired) electrons. The molecule has 0 unspecified atom stereocenters. The summed E-state index contributed by atoms with van der Waals surface area (Å²) in [6.45, 7) is 2.70. The minimum Gasteiger partial charge on any atom is -0.376 e. The molecule has 1 aromatic heterocycles. The van der Waals surface area contributed by atoms with E-state index in [0.717, 1.165) is 12.8 Å². The van der Waals surface area contributed by atoms with E-state index in [1.165, 1.54) is 29.7 Å². The van der Waals surface area contributed by atoms with Gasteiger partial charge in [0.25, 0.3) is 5.91 Å². The van der Waals surface area contributed by atoms with E-state index in [1.807, 2.05) is 0 Å². The van der Waals surface area contributed by atoms with Crippen LogP contribution in [0.5, 0.6) is 0 Å². The molecule has 1 N–H and O–H groups in total. The SMILES string of the molecule is Cc1c(C(=O)NCCOC2CCCC2)nnn1-c1ccc(F)cc1. The van der Waals surface area contributed by atoms with Crippen molar-refractivity contribution in [3.8, 4) is 5.69 Å². The Morgan fingerprint density at radius 2 is 2.04 bits per heavy atom. The summed E-state index contributed by atoms with van der Waals surface area (Å²) in [5, 5.41) is 10.7. The first kappa shape index (κ1) is 16.6. The van der Waals surface area contributed by atoms with Crippen LogP contribution in [0.25, 0.3) is 5.69 Å². The summed E-state index contributed by atoms with van der Waals surface area (Å²) >= 11 is 0. The second-order valence-corrected chi connectivity index (χ2v) is 5.94. The van der Waals surface area contributed by atoms with Crippen LogP contribution in [0, 0.1) is 12.7 Å². The summed E-state index contributed by atoms with van der Waals surface area (Å²) in [5.41, 5.74) is 1.53. The number of hydrogen-bond acceptors (Lipinski definition) is 4. The second-order valence-electron chi connectivity index (χ2n) is 5.94. The van der Waals surface area contributed by atoms with E-state index in [0.29, 0.717) is 30.6 Å². The normalized spacial score (nSPS) is 14.9. The number of halogens is 1. The van der Waals surface area contributed by atoms with Crippen molar-refractivity contribution in [3.63, 3.8) is 0 Å². The first-order valence-electron chi connectivity index (χ1n) is 8.23. The molecule has 128 valence electrons. The van der Waals surface area contributed by atoms with Crippen molar-refractivity contribution in [3.05, 3.63) is 41.5 Å². The Balaban J connectivity index is 1.56. The van der Waals surface area contributed by atoms with Crippen LogP contribution in [0.3, 0.4) is 0 Å². The summed E-state index contributed by atoms with van der Waals surface area (Å²) < 4.78 is 20.2. The standard InChI is InChI=1S/C17H21FN4O2/c1-12-16(17(23)19-10-11-24-15-4-2-3-5-15)20-21-22(12)14-8-6-13(18)7-9-14/h6-9,15H,2-5,10-11H2,1H3,(H,19,23). The molecule has 1 heterocycles. The van der Waals surface area contributed by atoms with Crippen LogP contribution in [0.2, 0.25) is 0 Å². The molecule has 0 spiro atoms. The maximum atomic E-state index is 13.0. The fourth-order valence-corrected chi connectivity index (χ4v) is 2.90. The topological polar surface area (TPSA) is 69.0 Å². The van der Waals surface area contributed by atoms with Gasteiger partial charge in [0, 0.05) is 6.54 Å². The van der Waals surface area contributed by atoms with Crippen molar-refractivity contribution >= 4 is 5.91 Å². The monoisotopic (exact) mass is 332 g/mol. The van der Waals surface area contributed by atoms with Gasteiger partial charge in [-0.15, -0.1) is 5.10 Å². The van der Waals surface area contributed by atoms with Crippen LogP contribution in [0.15, 0.2) is 24.3 Å². The zero-order valence-electron chi connectivity index (χ0n) is 13.7. The molecule has 0 aliphatic heterocycles. The Bertz CT molecular complexity index is 693. The van der Waals surface area contributed by atoms with Gasteiger partial charge in [0.05, 0.1) is 24.1 Å². The summed E-state index contributed by atoms with van der Waals surface area (Å²) in [5.74, 6) is -0.604. The van der Waals surface area contributed by atoms with Crippen LogP contribution < -0.4 is 5.32 Å². The van der Waals surface area contributed by atoms with E-state index in [1.54, 1.807) is 19.1 Å². The van der Waals surface area contributed by atoms with Crippen LogP contribution in [-0.2, 0) is 4.74 Å². The van der Waals surface area contributed by atoms with Crippen molar-refractivity contribution in [1.82, 2.24) is 20.3 Å². The molecule has 1 aliphatic carbocycles. The molecule has 2 aromatic rings. The number of hydrogen-bond donors (Lipinski definition) is 1. The zero-order valence-corrected chi connectivity index (χ0v) is 13.7. The number of nitrogens with zero attached hydrogens (tertiary/aromatic N) is 3. The molecule has 1 aromatic carbocycles. The molecular weight excluding hydrogens is 311 g/mol. The first-order valence-corrected chi connectivity index (χ1v) is 8.23. The molecule has 6 nitrogen and oxygen atoms in total. The van der Waals surface area contributed by atoms with Crippen LogP contribution in [0.1, 0.15) is 41.9 Å². The molecule has 1 saturated carbocycles. The Morgan fingerprint density at radius 1 is 1.33 bits per heavy atom. The number of carbonyl (C=O) groups is 1. The summed E-state index contributed by atoms with van der Waals surface area (Å²) in [6.07, 6.45) is 5.01. The van der Waals surface area contributed by atoms with Gasteiger partial charge in [0.1, 0.15) is 5.82 Å². The van der Waals surface area contributed by atoms with E-state index in [4.69, 9.17) is 4.74 Å². The molecule has 1 fully saturated rings. The Hall–Kier alpha value is -2.28. The smallest absolute Gasteiger partial charge is 0.273 e. The van der Waals surface area contributed by atoms with Crippen LogP contribution in [0.4, 0.5) is 4.39 Å². The summed E-state index contributed by atoms with van der Waals surface area (Å²) in [7, 11) is 0. The third-order valence-electron chi connectivity index (χ3n) is 4.22. The lowest BCUT2D eigenvalue weighted by atomic mass is 10.3. The zero-order chi connectivity index (χ0) is 16.9. The lowest BCUT2D eigenvalue weighted by Crippen LogP contribution is -2.29. The maximum absolute atomic E-state index is 13.0. The highest BCUT2D eigenvalue weighted by Gasteiger charge is 2.18. The van der Waals surface area contributed by atoms with Crippen LogP contribution in [-0.4, -0.2) is 40.2 Å². The summed E-state index contributed by atoms with van der Waals surface area (Å²) in [6, 6.07) is 5.87. The number of amides is 1. The fraction of sp³-hybridized carbons (Fsp3) is 0.471. The average Bonchev–Trinajstić information content (AvgIpc) is 3.22. The van der Waals surface area contributed by atoms with E-state index < -0.39 is 0 Å². The number of rotatable bonds is 6. The molecule has 0 saturated heterocycles. The highest BCUT2D eigenvalue weighted by molar-refractivity contribution is 5.93. The minimum absolute atomic E-state index is 0.264. The van der Waals surface area contributed by atoms with Gasteiger partial charge in [0.15, 0.2) is 5.69 Å². The van der Waals surface area contributed by atoms with E-state index >= 15 is 0 Å². The molecule has 0 bridgehead atoms. The molecular formula is C17H21FN4O2. The lowest BCUT2D eigenvalue weighted by molar-refractivity contribution is 0.0581. The van der Waals surface area contributed by atoms with Crippen molar-refractivity contribution in [2.75, 3.05) is 13.2 Å². The maximum Gasteiger partial charge on any atom is 0.273 e. The van der Waals surface area contributed by atoms with Crippen molar-refractivity contribution in [2.45, 2.75) is 38.7 Å². The Kier molecular flexibility index (Phi) is 5.20. The van der Waals surface area contributed by atoms with Gasteiger partial charge in [-0.2, -0.15) is 0 Å². The van der Waals surface area contributed by atoms with E-state index in [2.05, 4.69) is 15.6 Å². The minimum atomic E-state index is -0.322. The number of ether oxygens (including phenoxy) is 1. The van der Waals surface area contributed by atoms with Crippen molar-refractivity contribution in [2.24, 2.45) is 0 Å². The fourth-order valence-electron chi connectivity index (χ4n) is 2.90. The number of benzene rings is 1. The van der Waals surface area contributed by atoms with Crippen molar-refractivity contribution in [1.29, 1.82) is 0 Å². The van der Waals surface area contributed by atoms with Gasteiger partial charge < -0.3 is 10.1 Å². The Labute approximate surface area is 140 Å². The molecule has 3 rings (SSSR count). The van der Waals surface area contributed by atoms with Gasteiger partial charge in [-0.1, -0.05) is 18.1 Å². The molecule has 1 amide bonds. The third kappa shape index (κ3) is 3.79. The predicted octanol–water partition coefficient (Wildman–Crippen LogP) is 2.40. The largest absolute Gasteiger partial charge is 0.376 e. The van der Waals surface area contributed by atoms with E-state index in [-0.39, 0.29) is 17.4 Å². The van der Waals surface area contributed by atoms with Crippen molar-refractivity contribution < 1.29 is 13.9 Å². The first-order chi connectivity index (χ1) is 11.6. The van der Waals surface area contributed by atoms with Gasteiger partial charge in [-0.25, -0.2) is 9.07 Å². The number of nitrogens with one attached hydrogen (secondary N) is 1. The molecule has 7 heteroatoms. The quantitative estimate of drug-likeness (QED) is 0.825. The molecule has 0 atom stereocenters. The Morgan fingerprint density at radius 3 is 2.75 bits per heavy atom. The average molecular weight is 332 g/mol. The highest BCUT2D eigenvalue weighted by Crippen LogP contribution is 2.20. The third-order valence-corrected chi connectivity index (χ3v) is 4.22. The molecule has 1 aliphatic rings. The van der Waals surface area contributed by atoms with Gasteiger partial charge in [-0.05, 0) is 44.0 Å². The van der Waals surface area contributed by atoms with Crippen LogP contribution >= 0.6 is 0 Å². The second kappa shape index (κ2) is 7.53. The molecule has 24 heavy (non-hydrogen) atoms.